The molecule has 1 fully saturated rings. The molecule has 1 saturated heterocycles. The Morgan fingerprint density at radius 2 is 1.69 bits per heavy atom. The summed E-state index contributed by atoms with van der Waals surface area (Å²) in [6.45, 7) is 13.4. The monoisotopic (exact) mass is 725 g/mol. The Kier molecular flexibility index (Phi) is 11.5. The standard InChI is InChI=1S/C39H47F4N3O4Si/c1-22(2)51(23(3)4,24(5)6)16-14-28-31(40)13-12-25-17-27(50-21-48-8)18-29(33(25)28)34-32(41)19-30-36(35(34)42)44-39(43)45(7)37(30)46-15-10-11-26(20-46)38(47)49-9/h12-13,17-19,22-24,26,37H,10-11,15,20-21H2,1-9H3. The Morgan fingerprint density at radius 3 is 2.31 bits per heavy atom. The molecule has 3 aromatic rings. The normalized spacial score (nSPS) is 18.2. The molecule has 274 valence electrons. The molecule has 2 unspecified atom stereocenters. The fraction of sp³-hybridized carbons (Fsp3) is 0.487. The van der Waals surface area contributed by atoms with E-state index in [4.69, 9.17) is 14.2 Å². The Bertz CT molecular complexity index is 1880. The van der Waals surface area contributed by atoms with E-state index in [0.29, 0.717) is 24.8 Å². The number of halogens is 4. The lowest BCUT2D eigenvalue weighted by Crippen LogP contribution is -2.48. The van der Waals surface area contributed by atoms with E-state index >= 15 is 17.6 Å². The summed E-state index contributed by atoms with van der Waals surface area (Å²) in [5.41, 5.74) is 3.55. The van der Waals surface area contributed by atoms with Crippen LogP contribution in [-0.4, -0.2) is 71.1 Å². The summed E-state index contributed by atoms with van der Waals surface area (Å²) in [4.78, 5) is 19.4. The number of fused-ring (bicyclic) bond motifs is 2. The van der Waals surface area contributed by atoms with Crippen LogP contribution in [0.15, 0.2) is 35.3 Å². The van der Waals surface area contributed by atoms with Gasteiger partial charge >= 0.3 is 5.97 Å². The second-order valence-corrected chi connectivity index (χ2v) is 20.0. The van der Waals surface area contributed by atoms with Crippen LogP contribution in [0.2, 0.25) is 16.6 Å². The maximum absolute atomic E-state index is 17.0. The van der Waals surface area contributed by atoms with E-state index in [1.165, 1.54) is 44.4 Å². The number of hydrogen-bond donors (Lipinski definition) is 0. The van der Waals surface area contributed by atoms with Gasteiger partial charge < -0.3 is 19.1 Å². The molecular formula is C39H47F4N3O4Si. The average molecular weight is 726 g/mol. The van der Waals surface area contributed by atoms with Gasteiger partial charge in [0.1, 0.15) is 37.3 Å². The third kappa shape index (κ3) is 7.00. The molecule has 2 atom stereocenters. The first-order valence-electron chi connectivity index (χ1n) is 17.4. The van der Waals surface area contributed by atoms with Crippen molar-refractivity contribution in [1.82, 2.24) is 9.80 Å². The van der Waals surface area contributed by atoms with Gasteiger partial charge in [0.15, 0.2) is 12.6 Å². The molecule has 5 rings (SSSR count). The van der Waals surface area contributed by atoms with Gasteiger partial charge in [-0.3, -0.25) is 9.69 Å². The molecule has 2 heterocycles. The van der Waals surface area contributed by atoms with Gasteiger partial charge in [0.25, 0.3) is 6.09 Å². The fourth-order valence-corrected chi connectivity index (χ4v) is 13.4. The second-order valence-electron chi connectivity index (χ2n) is 14.4. The van der Waals surface area contributed by atoms with Gasteiger partial charge in [-0.25, -0.2) is 18.2 Å². The van der Waals surface area contributed by atoms with Crippen LogP contribution in [-0.2, 0) is 14.3 Å². The number of aliphatic imine (C=N–C) groups is 1. The van der Waals surface area contributed by atoms with Crippen molar-refractivity contribution in [3.63, 3.8) is 0 Å². The topological polar surface area (TPSA) is 63.6 Å². The Labute approximate surface area is 299 Å². The van der Waals surface area contributed by atoms with Crippen LogP contribution in [0, 0.1) is 34.8 Å². The van der Waals surface area contributed by atoms with Crippen LogP contribution in [0.3, 0.4) is 0 Å². The highest BCUT2D eigenvalue weighted by molar-refractivity contribution is 6.90. The number of carbonyl (C=O) groups is 1. The van der Waals surface area contributed by atoms with E-state index in [0.717, 1.165) is 6.07 Å². The predicted molar refractivity (Wildman–Crippen MR) is 195 cm³/mol. The minimum absolute atomic E-state index is 0.0130. The molecule has 7 nitrogen and oxygen atoms in total. The van der Waals surface area contributed by atoms with Crippen molar-refractivity contribution >= 4 is 36.6 Å². The lowest BCUT2D eigenvalue weighted by Gasteiger charge is -2.43. The molecule has 0 N–H and O–H groups in total. The number of carbonyl (C=O) groups excluding carboxylic acids is 1. The number of benzene rings is 3. The summed E-state index contributed by atoms with van der Waals surface area (Å²) in [5.74, 6) is -0.152. The quantitative estimate of drug-likeness (QED) is 0.0548. The fourth-order valence-electron chi connectivity index (χ4n) is 8.24. The number of amidine groups is 1. The smallest absolute Gasteiger partial charge is 0.309 e. The number of rotatable bonds is 9. The van der Waals surface area contributed by atoms with Crippen molar-refractivity contribution in [3.05, 3.63) is 58.9 Å². The molecule has 2 aliphatic rings. The molecule has 0 amide bonds. The van der Waals surface area contributed by atoms with Gasteiger partial charge in [0, 0.05) is 43.8 Å². The van der Waals surface area contributed by atoms with Gasteiger partial charge in [-0.15, -0.1) is 5.54 Å². The van der Waals surface area contributed by atoms with Gasteiger partial charge in [-0.1, -0.05) is 53.5 Å². The number of likely N-dealkylation sites (tertiary alicyclic amines) is 1. The molecule has 51 heavy (non-hydrogen) atoms. The van der Waals surface area contributed by atoms with Crippen LogP contribution in [0.25, 0.3) is 21.9 Å². The van der Waals surface area contributed by atoms with Crippen LogP contribution in [0.5, 0.6) is 5.75 Å². The van der Waals surface area contributed by atoms with Crippen molar-refractivity contribution in [2.24, 2.45) is 10.9 Å². The Hall–Kier alpha value is -3.92. The predicted octanol–water partition coefficient (Wildman–Crippen LogP) is 9.26. The lowest BCUT2D eigenvalue weighted by molar-refractivity contribution is -0.148. The first-order valence-corrected chi connectivity index (χ1v) is 19.6. The number of ether oxygens (including phenoxy) is 3. The molecule has 12 heteroatoms. The highest BCUT2D eigenvalue weighted by atomic mass is 28.3. The highest BCUT2D eigenvalue weighted by Crippen LogP contribution is 2.47. The minimum Gasteiger partial charge on any atom is -0.469 e. The van der Waals surface area contributed by atoms with Crippen LogP contribution in [0.4, 0.5) is 23.2 Å². The van der Waals surface area contributed by atoms with Crippen molar-refractivity contribution in [2.45, 2.75) is 77.2 Å². The van der Waals surface area contributed by atoms with E-state index in [9.17, 15) is 4.79 Å². The summed E-state index contributed by atoms with van der Waals surface area (Å²) in [6, 6.07) is 7.03. The van der Waals surface area contributed by atoms with Crippen LogP contribution >= 0.6 is 0 Å². The Balaban J connectivity index is 1.78. The summed E-state index contributed by atoms with van der Waals surface area (Å²) in [6.07, 6.45) is -0.737. The molecule has 0 spiro atoms. The molecule has 0 bridgehead atoms. The van der Waals surface area contributed by atoms with Crippen molar-refractivity contribution in [1.29, 1.82) is 0 Å². The lowest BCUT2D eigenvalue weighted by atomic mass is 9.90. The molecule has 0 aromatic heterocycles. The highest BCUT2D eigenvalue weighted by Gasteiger charge is 2.42. The van der Waals surface area contributed by atoms with E-state index < -0.39 is 55.2 Å². The zero-order valence-electron chi connectivity index (χ0n) is 30.8. The summed E-state index contributed by atoms with van der Waals surface area (Å²) in [5, 5.41) is 0.649. The van der Waals surface area contributed by atoms with E-state index in [2.05, 4.69) is 58.0 Å². The van der Waals surface area contributed by atoms with E-state index in [-0.39, 0.29) is 63.5 Å². The van der Waals surface area contributed by atoms with Crippen LogP contribution < -0.4 is 4.74 Å². The first-order chi connectivity index (χ1) is 24.2. The maximum atomic E-state index is 17.0. The summed E-state index contributed by atoms with van der Waals surface area (Å²) >= 11 is 0. The molecule has 3 aromatic carbocycles. The van der Waals surface area contributed by atoms with E-state index in [1.807, 2.05) is 4.90 Å². The number of esters is 1. The number of methoxy groups -OCH3 is 2. The molecular weight excluding hydrogens is 679 g/mol. The summed E-state index contributed by atoms with van der Waals surface area (Å²) < 4.78 is 81.1. The van der Waals surface area contributed by atoms with Gasteiger partial charge in [-0.2, -0.15) is 4.39 Å². The zero-order chi connectivity index (χ0) is 37.4. The second kappa shape index (κ2) is 15.4. The first kappa shape index (κ1) is 38.3. The number of nitrogens with zero attached hydrogens (tertiary/aromatic N) is 3. The van der Waals surface area contributed by atoms with Crippen molar-refractivity contribution < 1.29 is 36.6 Å². The SMILES string of the molecule is COCOc1cc(-c2c(F)cc3c(c2F)N=C(F)N(C)C3N2CCCC(C(=O)OC)C2)c2c(C#C[Si](C(C)C)(C(C)C)C(C)C)c(F)ccc2c1. The van der Waals surface area contributed by atoms with Gasteiger partial charge in [-0.05, 0) is 59.1 Å². The average Bonchev–Trinajstić information content (AvgIpc) is 3.08. The number of piperidine rings is 1. The summed E-state index contributed by atoms with van der Waals surface area (Å²) in [7, 11) is 1.84. The van der Waals surface area contributed by atoms with E-state index in [1.54, 1.807) is 6.07 Å². The third-order valence-corrected chi connectivity index (χ3v) is 16.9. The van der Waals surface area contributed by atoms with Crippen LogP contribution in [0.1, 0.15) is 71.7 Å². The molecule has 0 aliphatic carbocycles. The van der Waals surface area contributed by atoms with Gasteiger partial charge in [0.05, 0.1) is 24.2 Å². The molecule has 0 saturated carbocycles. The third-order valence-electron chi connectivity index (χ3n) is 10.6. The zero-order valence-corrected chi connectivity index (χ0v) is 31.8. The molecule has 2 aliphatic heterocycles. The maximum Gasteiger partial charge on any atom is 0.309 e. The number of hydrogen-bond acceptors (Lipinski definition) is 7. The van der Waals surface area contributed by atoms with Gasteiger partial charge in [0.2, 0.25) is 0 Å². The molecule has 0 radical (unpaired) electrons. The largest absolute Gasteiger partial charge is 0.469 e. The van der Waals surface area contributed by atoms with Crippen molar-refractivity contribution in [3.8, 4) is 28.3 Å². The van der Waals surface area contributed by atoms with Crippen molar-refractivity contribution in [2.75, 3.05) is 41.1 Å². The minimum atomic E-state index is -2.36. The Morgan fingerprint density at radius 1 is 1.00 bits per heavy atom.